The number of ketones is 1. The number of Topliss-reactive ketones (excluding diaryl/α,β-unsaturated/α-hetero) is 1. The van der Waals surface area contributed by atoms with Crippen LogP contribution in [-0.2, 0) is 14.3 Å². The molecule has 154 valence electrons. The maximum absolute atomic E-state index is 13.3. The number of dihydropyridines is 1. The van der Waals surface area contributed by atoms with Crippen molar-refractivity contribution in [2.45, 2.75) is 71.3 Å². The Kier molecular flexibility index (Phi) is 5.45. The van der Waals surface area contributed by atoms with Crippen molar-refractivity contribution >= 4 is 27.7 Å². The molecule has 0 aromatic heterocycles. The molecule has 4 rings (SSSR count). The van der Waals surface area contributed by atoms with E-state index in [1.807, 2.05) is 31.2 Å². The molecule has 0 bridgehead atoms. The van der Waals surface area contributed by atoms with E-state index in [2.05, 4.69) is 35.1 Å². The van der Waals surface area contributed by atoms with Gasteiger partial charge in [0.1, 0.15) is 6.10 Å². The standard InChI is InChI=1S/C24H28BrNO3/c1-14-20(23(28)29-17-9-4-5-10-17)21(15-7-6-8-16(25)11-15)22-18(26-14)12-24(2,3)13-19(22)27/h6-8,11,17,21,26H,4-5,9-10,12-13H2,1-3H3/t21-/m0/s1. The molecule has 1 heterocycles. The molecule has 0 amide bonds. The van der Waals surface area contributed by atoms with Gasteiger partial charge < -0.3 is 10.1 Å². The highest BCUT2D eigenvalue weighted by Gasteiger charge is 2.43. The van der Waals surface area contributed by atoms with Crippen molar-refractivity contribution in [2.24, 2.45) is 5.41 Å². The second-order valence-corrected chi connectivity index (χ2v) is 10.2. The fourth-order valence-corrected chi connectivity index (χ4v) is 5.36. The third-order valence-electron chi connectivity index (χ3n) is 6.22. The molecule has 29 heavy (non-hydrogen) atoms. The molecule has 4 nitrogen and oxygen atoms in total. The van der Waals surface area contributed by atoms with E-state index in [-0.39, 0.29) is 29.2 Å². The van der Waals surface area contributed by atoms with Gasteiger partial charge in [-0.2, -0.15) is 0 Å². The summed E-state index contributed by atoms with van der Waals surface area (Å²) in [7, 11) is 0. The minimum Gasteiger partial charge on any atom is -0.459 e. The van der Waals surface area contributed by atoms with Crippen molar-refractivity contribution in [1.29, 1.82) is 0 Å². The number of nitrogens with one attached hydrogen (secondary N) is 1. The van der Waals surface area contributed by atoms with E-state index in [1.54, 1.807) is 0 Å². The number of benzene rings is 1. The van der Waals surface area contributed by atoms with Crippen molar-refractivity contribution in [3.05, 3.63) is 56.8 Å². The van der Waals surface area contributed by atoms with Crippen LogP contribution in [0.15, 0.2) is 51.3 Å². The van der Waals surface area contributed by atoms with E-state index in [0.29, 0.717) is 12.0 Å². The summed E-state index contributed by atoms with van der Waals surface area (Å²) >= 11 is 3.54. The second-order valence-electron chi connectivity index (χ2n) is 9.30. The van der Waals surface area contributed by atoms with Crippen molar-refractivity contribution in [3.63, 3.8) is 0 Å². The quantitative estimate of drug-likeness (QED) is 0.605. The largest absolute Gasteiger partial charge is 0.459 e. The van der Waals surface area contributed by atoms with E-state index in [9.17, 15) is 9.59 Å². The third kappa shape index (κ3) is 4.07. The molecule has 1 saturated carbocycles. The van der Waals surface area contributed by atoms with Crippen LogP contribution in [0.4, 0.5) is 0 Å². The van der Waals surface area contributed by atoms with E-state index < -0.39 is 0 Å². The molecule has 0 radical (unpaired) electrons. The summed E-state index contributed by atoms with van der Waals surface area (Å²) in [5.41, 5.74) is 3.90. The van der Waals surface area contributed by atoms with Gasteiger partial charge in [0.2, 0.25) is 0 Å². The molecule has 1 N–H and O–H groups in total. The predicted octanol–water partition coefficient (Wildman–Crippen LogP) is 5.54. The first-order valence-corrected chi connectivity index (χ1v) is 11.2. The molecule has 1 atom stereocenters. The molecule has 2 aliphatic carbocycles. The zero-order valence-corrected chi connectivity index (χ0v) is 18.9. The number of hydrogen-bond acceptors (Lipinski definition) is 4. The topological polar surface area (TPSA) is 55.4 Å². The zero-order chi connectivity index (χ0) is 20.8. The van der Waals surface area contributed by atoms with Crippen LogP contribution in [0.2, 0.25) is 0 Å². The van der Waals surface area contributed by atoms with Crippen LogP contribution in [0.5, 0.6) is 0 Å². The average Bonchev–Trinajstić information content (AvgIpc) is 3.12. The lowest BCUT2D eigenvalue weighted by molar-refractivity contribution is -0.144. The minimum absolute atomic E-state index is 0.0117. The fraction of sp³-hybridized carbons (Fsp3) is 0.500. The SMILES string of the molecule is CC1=C(C(=O)OC2CCCC2)[C@H](c2cccc(Br)c2)C2=C(CC(C)(C)CC2=O)N1. The first-order valence-electron chi connectivity index (χ1n) is 10.5. The molecule has 0 spiro atoms. The van der Waals surface area contributed by atoms with Gasteiger partial charge >= 0.3 is 5.97 Å². The molecule has 1 aromatic rings. The third-order valence-corrected chi connectivity index (χ3v) is 6.71. The molecular formula is C24H28BrNO3. The van der Waals surface area contributed by atoms with Crippen LogP contribution in [0.1, 0.15) is 70.8 Å². The maximum atomic E-state index is 13.3. The first-order chi connectivity index (χ1) is 13.7. The smallest absolute Gasteiger partial charge is 0.337 e. The lowest BCUT2D eigenvalue weighted by Crippen LogP contribution is -2.39. The van der Waals surface area contributed by atoms with E-state index in [4.69, 9.17) is 4.74 Å². The fourth-order valence-electron chi connectivity index (χ4n) is 4.95. The Morgan fingerprint density at radius 3 is 2.62 bits per heavy atom. The summed E-state index contributed by atoms with van der Waals surface area (Å²) in [4.78, 5) is 26.5. The van der Waals surface area contributed by atoms with Gasteiger partial charge in [0.25, 0.3) is 0 Å². The molecule has 1 aromatic carbocycles. The van der Waals surface area contributed by atoms with Gasteiger partial charge in [-0.3, -0.25) is 4.79 Å². The van der Waals surface area contributed by atoms with Crippen LogP contribution >= 0.6 is 15.9 Å². The molecule has 0 saturated heterocycles. The summed E-state index contributed by atoms with van der Waals surface area (Å²) in [5.74, 6) is -0.565. The Bertz CT molecular complexity index is 922. The van der Waals surface area contributed by atoms with Gasteiger partial charge in [0.15, 0.2) is 5.78 Å². The molecular weight excluding hydrogens is 430 g/mol. The van der Waals surface area contributed by atoms with E-state index in [1.165, 1.54) is 0 Å². The maximum Gasteiger partial charge on any atom is 0.337 e. The van der Waals surface area contributed by atoms with E-state index >= 15 is 0 Å². The summed E-state index contributed by atoms with van der Waals surface area (Å²) in [6.07, 6.45) is 5.32. The van der Waals surface area contributed by atoms with Gasteiger partial charge in [0, 0.05) is 33.8 Å². The van der Waals surface area contributed by atoms with Gasteiger partial charge in [-0.1, -0.05) is 41.9 Å². The summed E-state index contributed by atoms with van der Waals surface area (Å²) in [6, 6.07) is 7.91. The normalized spacial score (nSPS) is 24.4. The number of esters is 1. The highest BCUT2D eigenvalue weighted by atomic mass is 79.9. The minimum atomic E-state index is -0.388. The van der Waals surface area contributed by atoms with Gasteiger partial charge in [-0.15, -0.1) is 0 Å². The lowest BCUT2D eigenvalue weighted by Gasteiger charge is -2.39. The molecule has 1 aliphatic heterocycles. The van der Waals surface area contributed by atoms with Crippen LogP contribution < -0.4 is 5.32 Å². The Labute approximate surface area is 180 Å². The monoisotopic (exact) mass is 457 g/mol. The summed E-state index contributed by atoms with van der Waals surface area (Å²) in [6.45, 7) is 6.16. The lowest BCUT2D eigenvalue weighted by atomic mass is 9.68. The molecule has 0 unspecified atom stereocenters. The highest BCUT2D eigenvalue weighted by Crippen LogP contribution is 2.47. The van der Waals surface area contributed by atoms with Gasteiger partial charge in [-0.25, -0.2) is 4.79 Å². The Balaban J connectivity index is 1.79. The summed E-state index contributed by atoms with van der Waals surface area (Å²) in [5, 5.41) is 3.40. The molecule has 5 heteroatoms. The highest BCUT2D eigenvalue weighted by molar-refractivity contribution is 9.10. The second kappa shape index (κ2) is 7.75. The zero-order valence-electron chi connectivity index (χ0n) is 17.3. The van der Waals surface area contributed by atoms with E-state index in [0.717, 1.165) is 59.1 Å². The Morgan fingerprint density at radius 2 is 1.93 bits per heavy atom. The number of allylic oxidation sites excluding steroid dienone is 3. The van der Waals surface area contributed by atoms with Crippen LogP contribution in [0, 0.1) is 5.41 Å². The van der Waals surface area contributed by atoms with Gasteiger partial charge in [0.05, 0.1) is 5.57 Å². The average molecular weight is 458 g/mol. The summed E-state index contributed by atoms with van der Waals surface area (Å²) < 4.78 is 6.81. The molecule has 3 aliphatic rings. The van der Waals surface area contributed by atoms with Crippen LogP contribution in [0.25, 0.3) is 0 Å². The van der Waals surface area contributed by atoms with Crippen molar-refractivity contribution in [1.82, 2.24) is 5.32 Å². The van der Waals surface area contributed by atoms with Crippen molar-refractivity contribution < 1.29 is 14.3 Å². The van der Waals surface area contributed by atoms with Gasteiger partial charge in [-0.05, 0) is 62.1 Å². The molecule has 1 fully saturated rings. The van der Waals surface area contributed by atoms with Crippen molar-refractivity contribution in [2.75, 3.05) is 0 Å². The Hall–Kier alpha value is -1.88. The van der Waals surface area contributed by atoms with Crippen LogP contribution in [0.3, 0.4) is 0 Å². The number of rotatable bonds is 3. The Morgan fingerprint density at radius 1 is 1.21 bits per heavy atom. The number of carbonyl (C=O) groups excluding carboxylic acids is 2. The number of halogens is 1. The first kappa shape index (κ1) is 20.4. The predicted molar refractivity (Wildman–Crippen MR) is 116 cm³/mol. The van der Waals surface area contributed by atoms with Crippen molar-refractivity contribution in [3.8, 4) is 0 Å². The number of carbonyl (C=O) groups is 2. The number of hydrogen-bond donors (Lipinski definition) is 1. The number of ether oxygens (including phenoxy) is 1. The van der Waals surface area contributed by atoms with Crippen LogP contribution in [-0.4, -0.2) is 17.9 Å².